The molecule has 198 valence electrons. The smallest absolute Gasteiger partial charge is 0.416 e. The Labute approximate surface area is 222 Å². The van der Waals surface area contributed by atoms with Gasteiger partial charge in [-0.3, -0.25) is 19.1 Å². The Morgan fingerprint density at radius 3 is 2.36 bits per heavy atom. The molecule has 5 rings (SSSR count). The monoisotopic (exact) mass is 531 g/mol. The number of pyridine rings is 2. The van der Waals surface area contributed by atoms with Crippen molar-refractivity contribution < 1.29 is 22.7 Å². The Morgan fingerprint density at radius 1 is 1.00 bits per heavy atom. The lowest BCUT2D eigenvalue weighted by Gasteiger charge is -2.33. The molecule has 6 nitrogen and oxygen atoms in total. The molecule has 2 aromatic carbocycles. The third-order valence-corrected chi connectivity index (χ3v) is 6.70. The molecule has 0 radical (unpaired) electrons. The maximum absolute atomic E-state index is 14.4. The van der Waals surface area contributed by atoms with Crippen LogP contribution < -0.4 is 5.56 Å². The van der Waals surface area contributed by atoms with Gasteiger partial charge in [0.1, 0.15) is 11.7 Å². The fourth-order valence-corrected chi connectivity index (χ4v) is 5.10. The molecule has 0 fully saturated rings. The van der Waals surface area contributed by atoms with Gasteiger partial charge in [0.2, 0.25) is 0 Å². The van der Waals surface area contributed by atoms with Crippen LogP contribution in [-0.4, -0.2) is 27.8 Å². The van der Waals surface area contributed by atoms with E-state index in [4.69, 9.17) is 4.74 Å². The summed E-state index contributed by atoms with van der Waals surface area (Å²) in [4.78, 5) is 36.6. The number of fused-ring (bicyclic) bond motifs is 1. The number of esters is 1. The number of aliphatic imine (C=N–C) groups is 1. The number of aromatic nitrogens is 2. The number of alkyl halides is 3. The number of rotatable bonds is 5. The first-order valence-corrected chi connectivity index (χ1v) is 12.4. The predicted octanol–water partition coefficient (Wildman–Crippen LogP) is 6.34. The van der Waals surface area contributed by atoms with Crippen molar-refractivity contribution in [1.29, 1.82) is 0 Å². The summed E-state index contributed by atoms with van der Waals surface area (Å²) >= 11 is 0. The number of ether oxygens (including phenoxy) is 1. The molecule has 0 saturated heterocycles. The van der Waals surface area contributed by atoms with Crippen molar-refractivity contribution in [2.45, 2.75) is 25.9 Å². The van der Waals surface area contributed by atoms with Crippen molar-refractivity contribution in [1.82, 2.24) is 9.55 Å². The van der Waals surface area contributed by atoms with E-state index in [1.807, 2.05) is 30.3 Å². The van der Waals surface area contributed by atoms with Crippen LogP contribution in [0.5, 0.6) is 0 Å². The Bertz CT molecular complexity index is 1610. The molecule has 2 aromatic heterocycles. The van der Waals surface area contributed by atoms with Gasteiger partial charge in [-0.05, 0) is 49.2 Å². The quantitative estimate of drug-likeness (QED) is 0.282. The van der Waals surface area contributed by atoms with Crippen LogP contribution in [0.2, 0.25) is 0 Å². The molecule has 0 N–H and O–H groups in total. The van der Waals surface area contributed by atoms with E-state index in [9.17, 15) is 22.8 Å². The predicted molar refractivity (Wildman–Crippen MR) is 141 cm³/mol. The van der Waals surface area contributed by atoms with E-state index in [-0.39, 0.29) is 35.0 Å². The van der Waals surface area contributed by atoms with Crippen molar-refractivity contribution in [3.05, 3.63) is 112 Å². The van der Waals surface area contributed by atoms with Gasteiger partial charge in [0.15, 0.2) is 0 Å². The van der Waals surface area contributed by atoms with Crippen molar-refractivity contribution in [3.63, 3.8) is 0 Å². The summed E-state index contributed by atoms with van der Waals surface area (Å²) in [6, 6.07) is 20.8. The molecule has 2 atom stereocenters. The van der Waals surface area contributed by atoms with Crippen LogP contribution in [0, 0.1) is 5.92 Å². The number of hydrogen-bond donors (Lipinski definition) is 0. The van der Waals surface area contributed by atoms with Crippen molar-refractivity contribution in [3.8, 4) is 17.1 Å². The normalized spacial score (nSPS) is 16.8. The lowest BCUT2D eigenvalue weighted by Crippen LogP contribution is -2.39. The summed E-state index contributed by atoms with van der Waals surface area (Å²) < 4.78 is 49.4. The zero-order valence-corrected chi connectivity index (χ0v) is 21.1. The molecule has 0 spiro atoms. The van der Waals surface area contributed by atoms with E-state index < -0.39 is 35.1 Å². The first-order valence-electron chi connectivity index (χ1n) is 12.4. The summed E-state index contributed by atoms with van der Waals surface area (Å²) in [5, 5.41) is 0. The number of carbonyl (C=O) groups is 1. The van der Waals surface area contributed by atoms with E-state index in [1.165, 1.54) is 29.0 Å². The molecule has 0 bridgehead atoms. The van der Waals surface area contributed by atoms with Gasteiger partial charge in [-0.1, -0.05) is 54.6 Å². The number of nitrogens with zero attached hydrogens (tertiary/aromatic N) is 3. The summed E-state index contributed by atoms with van der Waals surface area (Å²) in [6.07, 6.45) is -3.20. The van der Waals surface area contributed by atoms with Gasteiger partial charge in [-0.2, -0.15) is 13.2 Å². The minimum absolute atomic E-state index is 0.0220. The van der Waals surface area contributed by atoms with Gasteiger partial charge in [0.25, 0.3) is 5.56 Å². The molecule has 1 aliphatic heterocycles. The second-order valence-corrected chi connectivity index (χ2v) is 9.07. The highest BCUT2D eigenvalue weighted by Crippen LogP contribution is 2.46. The fourth-order valence-electron chi connectivity index (χ4n) is 5.10. The Kier molecular flexibility index (Phi) is 6.91. The molecule has 9 heteroatoms. The van der Waals surface area contributed by atoms with Gasteiger partial charge >= 0.3 is 12.1 Å². The second kappa shape index (κ2) is 10.3. The number of halogens is 3. The van der Waals surface area contributed by atoms with Crippen LogP contribution in [0.25, 0.3) is 17.1 Å². The van der Waals surface area contributed by atoms with Gasteiger partial charge in [0.05, 0.1) is 29.1 Å². The Balaban J connectivity index is 1.89. The van der Waals surface area contributed by atoms with E-state index in [1.54, 1.807) is 38.1 Å². The number of benzene rings is 2. The van der Waals surface area contributed by atoms with Crippen LogP contribution in [0.15, 0.2) is 94.8 Å². The summed E-state index contributed by atoms with van der Waals surface area (Å²) in [6.45, 7) is 3.20. The first kappa shape index (κ1) is 26.1. The number of hydrogen-bond acceptors (Lipinski definition) is 5. The highest BCUT2D eigenvalue weighted by molar-refractivity contribution is 6.05. The minimum Gasteiger partial charge on any atom is -0.465 e. The second-order valence-electron chi connectivity index (χ2n) is 9.07. The third-order valence-electron chi connectivity index (χ3n) is 6.70. The summed E-state index contributed by atoms with van der Waals surface area (Å²) in [5.74, 6) is -2.98. The SMILES string of the molecule is CCOC(=O)C1C(C)=Nc2cc(-c3ccccc3)n(-c3ccccn3)c(=O)c2C1c1ccccc1C(F)(F)F. The molecule has 4 aromatic rings. The number of carbonyl (C=O) groups excluding carboxylic acids is 1. The van der Waals surface area contributed by atoms with Gasteiger partial charge in [0, 0.05) is 17.8 Å². The van der Waals surface area contributed by atoms with Crippen molar-refractivity contribution in [2.75, 3.05) is 6.61 Å². The van der Waals surface area contributed by atoms with Crippen LogP contribution in [0.4, 0.5) is 18.9 Å². The fraction of sp³-hybridized carbons (Fsp3) is 0.200. The van der Waals surface area contributed by atoms with Gasteiger partial charge in [-0.15, -0.1) is 0 Å². The highest BCUT2D eigenvalue weighted by Gasteiger charge is 2.45. The molecule has 0 aliphatic carbocycles. The van der Waals surface area contributed by atoms with Gasteiger partial charge < -0.3 is 4.74 Å². The van der Waals surface area contributed by atoms with Crippen molar-refractivity contribution in [2.24, 2.45) is 10.9 Å². The molecular weight excluding hydrogens is 507 g/mol. The van der Waals surface area contributed by atoms with Crippen molar-refractivity contribution >= 4 is 17.4 Å². The van der Waals surface area contributed by atoms with Crippen LogP contribution >= 0.6 is 0 Å². The molecule has 3 heterocycles. The van der Waals surface area contributed by atoms with Crippen LogP contribution in [-0.2, 0) is 15.7 Å². The average molecular weight is 532 g/mol. The maximum atomic E-state index is 14.4. The largest absolute Gasteiger partial charge is 0.465 e. The summed E-state index contributed by atoms with van der Waals surface area (Å²) in [5.41, 5.74) is -0.152. The van der Waals surface area contributed by atoms with E-state index in [0.717, 1.165) is 6.07 Å². The van der Waals surface area contributed by atoms with E-state index in [2.05, 4.69) is 9.98 Å². The summed E-state index contributed by atoms with van der Waals surface area (Å²) in [7, 11) is 0. The molecule has 39 heavy (non-hydrogen) atoms. The maximum Gasteiger partial charge on any atom is 0.416 e. The molecular formula is C30H24F3N3O3. The Hall–Kier alpha value is -4.53. The zero-order chi connectivity index (χ0) is 27.7. The highest BCUT2D eigenvalue weighted by atomic mass is 19.4. The first-order chi connectivity index (χ1) is 18.7. The van der Waals surface area contributed by atoms with Gasteiger partial charge in [-0.25, -0.2) is 4.98 Å². The molecule has 0 saturated carbocycles. The standard InChI is InChI=1S/C30H24F3N3O3/c1-3-39-29(38)25-18(2)35-22-17-23(19-11-5-4-6-12-19)36(24-15-9-10-16-34-24)28(37)27(22)26(25)20-13-7-8-14-21(20)30(31,32)33/h4-17,25-26H,3H2,1-2H3. The molecule has 1 aliphatic rings. The van der Waals surface area contributed by atoms with E-state index >= 15 is 0 Å². The van der Waals surface area contributed by atoms with Crippen LogP contribution in [0.1, 0.15) is 36.5 Å². The van der Waals surface area contributed by atoms with E-state index in [0.29, 0.717) is 11.3 Å². The average Bonchev–Trinajstić information content (AvgIpc) is 2.92. The minimum atomic E-state index is -4.72. The van der Waals surface area contributed by atoms with Crippen LogP contribution in [0.3, 0.4) is 0 Å². The third kappa shape index (κ3) is 4.76. The Morgan fingerprint density at radius 2 is 1.69 bits per heavy atom. The zero-order valence-electron chi connectivity index (χ0n) is 21.1. The topological polar surface area (TPSA) is 73.5 Å². The molecule has 0 amide bonds. The lowest BCUT2D eigenvalue weighted by molar-refractivity contribution is -0.147. The molecule has 2 unspecified atom stereocenters. The lowest BCUT2D eigenvalue weighted by atomic mass is 9.74.